The molecule has 0 unspecified atom stereocenters. The fraction of sp³-hybridized carbons (Fsp3) is 0. The molecule has 0 aliphatic rings. The van der Waals surface area contributed by atoms with Crippen molar-refractivity contribution in [1.29, 1.82) is 0 Å². The number of hydrogen-bond donors (Lipinski definition) is 2. The van der Waals surface area contributed by atoms with Crippen molar-refractivity contribution < 1.29 is 0 Å². The Labute approximate surface area is 66.2 Å². The molecule has 0 saturated heterocycles. The number of rotatable bonds is 0. The Morgan fingerprint density at radius 2 is 2.27 bits per heavy atom. The highest BCUT2D eigenvalue weighted by Gasteiger charge is 2.01. The molecule has 0 aliphatic heterocycles. The van der Waals surface area contributed by atoms with E-state index in [1.165, 1.54) is 6.20 Å². The lowest BCUT2D eigenvalue weighted by Crippen LogP contribution is -1.99. The number of aromatic nitrogens is 3. The summed E-state index contributed by atoms with van der Waals surface area (Å²) in [5, 5.41) is 0.494. The van der Waals surface area contributed by atoms with Crippen LogP contribution in [0.4, 0.5) is 0 Å². The van der Waals surface area contributed by atoms with E-state index in [4.69, 9.17) is 11.6 Å². The summed E-state index contributed by atoms with van der Waals surface area (Å²) in [7, 11) is 0. The van der Waals surface area contributed by atoms with Crippen LogP contribution in [0.15, 0.2) is 17.1 Å². The van der Waals surface area contributed by atoms with Gasteiger partial charge in [0.1, 0.15) is 5.52 Å². The van der Waals surface area contributed by atoms with Gasteiger partial charge in [-0.05, 0) is 6.07 Å². The number of hydrogen-bond acceptors (Lipinski definition) is 2. The van der Waals surface area contributed by atoms with E-state index < -0.39 is 0 Å². The Bertz CT molecular complexity index is 444. The van der Waals surface area contributed by atoms with Gasteiger partial charge in [-0.1, -0.05) is 11.6 Å². The molecule has 0 fully saturated rings. The molecule has 0 saturated carbocycles. The van der Waals surface area contributed by atoms with Gasteiger partial charge >= 0.3 is 5.69 Å². The molecule has 4 nitrogen and oxygen atoms in total. The average molecular weight is 170 g/mol. The lowest BCUT2D eigenvalue weighted by atomic mass is 10.4. The Hall–Kier alpha value is -1.29. The number of fused-ring (bicyclic) bond motifs is 1. The fourth-order valence-electron chi connectivity index (χ4n) is 0.904. The van der Waals surface area contributed by atoms with Crippen LogP contribution in [0.2, 0.25) is 5.02 Å². The summed E-state index contributed by atoms with van der Waals surface area (Å²) in [6, 6.07) is 1.62. The van der Waals surface area contributed by atoms with Crippen LogP contribution < -0.4 is 5.69 Å². The lowest BCUT2D eigenvalue weighted by Gasteiger charge is -1.88. The molecular formula is C6H4ClN3O. The first kappa shape index (κ1) is 6.42. The van der Waals surface area contributed by atoms with E-state index in [2.05, 4.69) is 15.0 Å². The van der Waals surface area contributed by atoms with E-state index in [-0.39, 0.29) is 5.69 Å². The van der Waals surface area contributed by atoms with Crippen molar-refractivity contribution in [3.05, 3.63) is 27.8 Å². The minimum absolute atomic E-state index is 0.291. The van der Waals surface area contributed by atoms with E-state index in [0.29, 0.717) is 16.2 Å². The molecule has 5 heteroatoms. The highest BCUT2D eigenvalue weighted by Crippen LogP contribution is 2.15. The predicted molar refractivity (Wildman–Crippen MR) is 41.7 cm³/mol. The molecule has 11 heavy (non-hydrogen) atoms. The van der Waals surface area contributed by atoms with Crippen molar-refractivity contribution in [3.8, 4) is 0 Å². The summed E-state index contributed by atoms with van der Waals surface area (Å²) in [6.45, 7) is 0. The lowest BCUT2D eigenvalue weighted by molar-refractivity contribution is 1.20. The van der Waals surface area contributed by atoms with E-state index in [1.54, 1.807) is 6.07 Å². The number of aromatic amines is 2. The van der Waals surface area contributed by atoms with E-state index in [0.717, 1.165) is 0 Å². The van der Waals surface area contributed by atoms with Crippen LogP contribution in [0.25, 0.3) is 11.2 Å². The zero-order valence-corrected chi connectivity index (χ0v) is 6.14. The number of pyridine rings is 1. The van der Waals surface area contributed by atoms with Gasteiger partial charge in [-0.2, -0.15) is 0 Å². The molecule has 0 spiro atoms. The Morgan fingerprint density at radius 3 is 3.00 bits per heavy atom. The van der Waals surface area contributed by atoms with Crippen LogP contribution >= 0.6 is 11.6 Å². The van der Waals surface area contributed by atoms with E-state index in [1.807, 2.05) is 0 Å². The first-order chi connectivity index (χ1) is 5.27. The minimum Gasteiger partial charge on any atom is -0.303 e. The number of imidazole rings is 1. The van der Waals surface area contributed by atoms with Crippen molar-refractivity contribution >= 4 is 22.8 Å². The maximum Gasteiger partial charge on any atom is 0.325 e. The largest absolute Gasteiger partial charge is 0.325 e. The second-order valence-electron chi connectivity index (χ2n) is 2.10. The summed E-state index contributed by atoms with van der Waals surface area (Å²) in [5.41, 5.74) is 0.752. The molecule has 2 N–H and O–H groups in total. The van der Waals surface area contributed by atoms with Crippen LogP contribution in [0.5, 0.6) is 0 Å². The molecule has 56 valence electrons. The van der Waals surface area contributed by atoms with Gasteiger partial charge in [0, 0.05) is 6.20 Å². The molecular weight excluding hydrogens is 166 g/mol. The predicted octanol–water partition coefficient (Wildman–Crippen LogP) is 0.905. The average Bonchev–Trinajstić information content (AvgIpc) is 2.31. The second-order valence-corrected chi connectivity index (χ2v) is 2.50. The van der Waals surface area contributed by atoms with Crippen LogP contribution in [-0.4, -0.2) is 15.0 Å². The Balaban J connectivity index is 3.01. The minimum atomic E-state index is -0.291. The van der Waals surface area contributed by atoms with Crippen LogP contribution in [0.3, 0.4) is 0 Å². The van der Waals surface area contributed by atoms with Gasteiger partial charge in [-0.25, -0.2) is 9.78 Å². The van der Waals surface area contributed by atoms with E-state index in [9.17, 15) is 4.79 Å². The number of halogens is 1. The maximum absolute atomic E-state index is 10.7. The number of H-pyrrole nitrogens is 2. The monoisotopic (exact) mass is 169 g/mol. The molecule has 2 rings (SSSR count). The van der Waals surface area contributed by atoms with Gasteiger partial charge in [-0.3, -0.25) is 4.98 Å². The quantitative estimate of drug-likeness (QED) is 0.616. The fourth-order valence-corrected chi connectivity index (χ4v) is 1.10. The maximum atomic E-state index is 10.7. The summed E-state index contributed by atoms with van der Waals surface area (Å²) < 4.78 is 0. The standard InChI is InChI=1S/C6H4ClN3O/c7-3-1-2-8-5-4(3)9-6(11)10-5/h1-2H,(H2,8,9,10,11). The molecule has 0 aromatic carbocycles. The molecule has 0 atom stereocenters. The first-order valence-electron chi connectivity index (χ1n) is 3.00. The van der Waals surface area contributed by atoms with Gasteiger partial charge in [0.15, 0.2) is 5.65 Å². The van der Waals surface area contributed by atoms with Crippen molar-refractivity contribution in [2.75, 3.05) is 0 Å². The highest BCUT2D eigenvalue weighted by atomic mass is 35.5. The van der Waals surface area contributed by atoms with Crippen LogP contribution in [-0.2, 0) is 0 Å². The van der Waals surface area contributed by atoms with Crippen LogP contribution in [0, 0.1) is 0 Å². The molecule has 2 aromatic rings. The Morgan fingerprint density at radius 1 is 1.45 bits per heavy atom. The zero-order chi connectivity index (χ0) is 7.84. The van der Waals surface area contributed by atoms with Gasteiger partial charge in [-0.15, -0.1) is 0 Å². The third-order valence-corrected chi connectivity index (χ3v) is 1.69. The third kappa shape index (κ3) is 0.914. The van der Waals surface area contributed by atoms with Crippen molar-refractivity contribution in [2.45, 2.75) is 0 Å². The molecule has 0 bridgehead atoms. The van der Waals surface area contributed by atoms with Gasteiger partial charge in [0.2, 0.25) is 0 Å². The topological polar surface area (TPSA) is 61.5 Å². The molecule has 2 aromatic heterocycles. The van der Waals surface area contributed by atoms with Gasteiger partial charge in [0.05, 0.1) is 5.02 Å². The summed E-state index contributed by atoms with van der Waals surface area (Å²) in [5.74, 6) is 0. The van der Waals surface area contributed by atoms with Crippen molar-refractivity contribution in [2.24, 2.45) is 0 Å². The smallest absolute Gasteiger partial charge is 0.303 e. The zero-order valence-electron chi connectivity index (χ0n) is 5.39. The highest BCUT2D eigenvalue weighted by molar-refractivity contribution is 6.34. The summed E-state index contributed by atoms with van der Waals surface area (Å²) in [6.07, 6.45) is 1.54. The van der Waals surface area contributed by atoms with Crippen molar-refractivity contribution in [3.63, 3.8) is 0 Å². The Kier molecular flexibility index (Phi) is 1.22. The third-order valence-electron chi connectivity index (χ3n) is 1.37. The van der Waals surface area contributed by atoms with Gasteiger partial charge < -0.3 is 4.98 Å². The SMILES string of the molecule is O=c1[nH]c2nccc(Cl)c2[nH]1. The summed E-state index contributed by atoms with van der Waals surface area (Å²) in [4.78, 5) is 19.6. The van der Waals surface area contributed by atoms with Crippen molar-refractivity contribution in [1.82, 2.24) is 15.0 Å². The molecule has 0 aliphatic carbocycles. The van der Waals surface area contributed by atoms with E-state index >= 15 is 0 Å². The first-order valence-corrected chi connectivity index (χ1v) is 3.37. The number of nitrogens with zero attached hydrogens (tertiary/aromatic N) is 1. The molecule has 2 heterocycles. The number of nitrogens with one attached hydrogen (secondary N) is 2. The second kappa shape index (κ2) is 2.10. The molecule has 0 radical (unpaired) electrons. The summed E-state index contributed by atoms with van der Waals surface area (Å²) >= 11 is 5.74. The normalized spacial score (nSPS) is 10.6. The van der Waals surface area contributed by atoms with Gasteiger partial charge in [0.25, 0.3) is 0 Å². The van der Waals surface area contributed by atoms with Crippen LogP contribution in [0.1, 0.15) is 0 Å². The molecule has 0 amide bonds.